The number of benzene rings is 2. The van der Waals surface area contributed by atoms with Crippen LogP contribution in [0.4, 0.5) is 0 Å². The number of carbonyl (C=O) groups excluding carboxylic acids is 1. The Bertz CT molecular complexity index is 904. The molecule has 5 nitrogen and oxygen atoms in total. The topological polar surface area (TPSA) is 60.7 Å². The van der Waals surface area contributed by atoms with E-state index >= 15 is 0 Å². The van der Waals surface area contributed by atoms with Crippen molar-refractivity contribution in [3.05, 3.63) is 83.3 Å². The van der Waals surface area contributed by atoms with Gasteiger partial charge in [-0.25, -0.2) is 0 Å². The molecule has 0 aliphatic carbocycles. The Labute approximate surface area is 165 Å². The molecule has 28 heavy (non-hydrogen) atoms. The van der Waals surface area contributed by atoms with Gasteiger partial charge in [-0.15, -0.1) is 0 Å². The van der Waals surface area contributed by atoms with E-state index in [2.05, 4.69) is 24.4 Å². The van der Waals surface area contributed by atoms with Crippen molar-refractivity contribution in [3.63, 3.8) is 0 Å². The lowest BCUT2D eigenvalue weighted by Gasteiger charge is -2.23. The molecule has 0 radical (unpaired) electrons. The molecule has 0 spiro atoms. The lowest BCUT2D eigenvalue weighted by atomic mass is 9.92. The zero-order chi connectivity index (χ0) is 19.9. The third kappa shape index (κ3) is 4.36. The molecule has 1 heterocycles. The van der Waals surface area contributed by atoms with Crippen molar-refractivity contribution in [2.24, 2.45) is 0 Å². The first kappa shape index (κ1) is 19.5. The summed E-state index contributed by atoms with van der Waals surface area (Å²) in [6.07, 6.45) is 2.95. The maximum atomic E-state index is 12.7. The summed E-state index contributed by atoms with van der Waals surface area (Å²) >= 11 is 0. The van der Waals surface area contributed by atoms with Crippen molar-refractivity contribution < 1.29 is 18.7 Å². The van der Waals surface area contributed by atoms with Crippen LogP contribution < -0.4 is 14.8 Å². The second-order valence-corrected chi connectivity index (χ2v) is 6.45. The molecule has 1 N–H and O–H groups in total. The molecule has 1 amide bonds. The van der Waals surface area contributed by atoms with Gasteiger partial charge in [0.25, 0.3) is 5.91 Å². The monoisotopic (exact) mass is 379 g/mol. The molecule has 3 rings (SSSR count). The summed E-state index contributed by atoms with van der Waals surface area (Å²) in [6, 6.07) is 17.1. The van der Waals surface area contributed by atoms with Gasteiger partial charge < -0.3 is 19.2 Å². The summed E-state index contributed by atoms with van der Waals surface area (Å²) in [6.45, 7) is 2.08. The van der Waals surface area contributed by atoms with Crippen LogP contribution in [0, 0.1) is 0 Å². The Morgan fingerprint density at radius 3 is 2.36 bits per heavy atom. The predicted molar refractivity (Wildman–Crippen MR) is 108 cm³/mol. The molecule has 1 atom stereocenters. The zero-order valence-electron chi connectivity index (χ0n) is 16.4. The molecule has 5 heteroatoms. The van der Waals surface area contributed by atoms with Gasteiger partial charge >= 0.3 is 0 Å². The summed E-state index contributed by atoms with van der Waals surface area (Å²) in [7, 11) is 3.23. The number of ether oxygens (including phenoxy) is 2. The molecule has 0 fully saturated rings. The van der Waals surface area contributed by atoms with Gasteiger partial charge in [0.2, 0.25) is 0 Å². The SMILES string of the molecule is CCc1cc(OC)c(OC)cc1C(Cc1ccccc1)NC(=O)c1ccco1. The molecule has 0 aliphatic heterocycles. The molecule has 0 aliphatic rings. The Hall–Kier alpha value is -3.21. The molecular weight excluding hydrogens is 354 g/mol. The van der Waals surface area contributed by atoms with Gasteiger partial charge in [-0.3, -0.25) is 4.79 Å². The second kappa shape index (κ2) is 9.13. The first-order valence-electron chi connectivity index (χ1n) is 9.29. The van der Waals surface area contributed by atoms with Gasteiger partial charge in [-0.1, -0.05) is 37.3 Å². The minimum Gasteiger partial charge on any atom is -0.493 e. The van der Waals surface area contributed by atoms with Crippen molar-refractivity contribution in [2.75, 3.05) is 14.2 Å². The molecule has 0 saturated heterocycles. The average molecular weight is 379 g/mol. The van der Waals surface area contributed by atoms with Crippen LogP contribution >= 0.6 is 0 Å². The van der Waals surface area contributed by atoms with Crippen molar-refractivity contribution in [2.45, 2.75) is 25.8 Å². The Kier molecular flexibility index (Phi) is 6.37. The Morgan fingerprint density at radius 1 is 1.04 bits per heavy atom. The van der Waals surface area contributed by atoms with Crippen LogP contribution in [0.5, 0.6) is 11.5 Å². The largest absolute Gasteiger partial charge is 0.493 e. The van der Waals surface area contributed by atoms with Crippen molar-refractivity contribution in [1.29, 1.82) is 0 Å². The van der Waals surface area contributed by atoms with E-state index in [-0.39, 0.29) is 17.7 Å². The molecule has 2 aromatic carbocycles. The normalized spacial score (nSPS) is 11.7. The van der Waals surface area contributed by atoms with Crippen LogP contribution in [0.15, 0.2) is 65.3 Å². The lowest BCUT2D eigenvalue weighted by molar-refractivity contribution is 0.0908. The van der Waals surface area contributed by atoms with Crippen LogP contribution in [-0.4, -0.2) is 20.1 Å². The summed E-state index contributed by atoms with van der Waals surface area (Å²) in [5, 5.41) is 3.12. The number of aryl methyl sites for hydroxylation is 1. The van der Waals surface area contributed by atoms with Crippen molar-refractivity contribution in [3.8, 4) is 11.5 Å². The summed E-state index contributed by atoms with van der Waals surface area (Å²) < 4.78 is 16.2. The molecular formula is C23H25NO4. The number of nitrogens with one attached hydrogen (secondary N) is 1. The van der Waals surface area contributed by atoms with E-state index in [0.29, 0.717) is 17.9 Å². The maximum absolute atomic E-state index is 12.7. The summed E-state index contributed by atoms with van der Waals surface area (Å²) in [5.41, 5.74) is 3.23. The number of amides is 1. The molecule has 0 bridgehead atoms. The molecule has 1 unspecified atom stereocenters. The Morgan fingerprint density at radius 2 is 1.75 bits per heavy atom. The zero-order valence-corrected chi connectivity index (χ0v) is 16.4. The third-order valence-corrected chi connectivity index (χ3v) is 4.73. The molecule has 0 saturated carbocycles. The van der Waals surface area contributed by atoms with E-state index in [1.54, 1.807) is 26.4 Å². The van der Waals surface area contributed by atoms with Gasteiger partial charge in [0.05, 0.1) is 26.5 Å². The van der Waals surface area contributed by atoms with E-state index < -0.39 is 0 Å². The maximum Gasteiger partial charge on any atom is 0.287 e. The molecule has 1 aromatic heterocycles. The average Bonchev–Trinajstić information content (AvgIpc) is 3.28. The van der Waals surface area contributed by atoms with Gasteiger partial charge in [0.15, 0.2) is 17.3 Å². The fourth-order valence-electron chi connectivity index (χ4n) is 3.29. The Balaban J connectivity index is 2.01. The highest BCUT2D eigenvalue weighted by atomic mass is 16.5. The highest BCUT2D eigenvalue weighted by molar-refractivity contribution is 5.91. The first-order chi connectivity index (χ1) is 13.7. The smallest absolute Gasteiger partial charge is 0.287 e. The lowest BCUT2D eigenvalue weighted by Crippen LogP contribution is -2.30. The number of hydrogen-bond donors (Lipinski definition) is 1. The minimum absolute atomic E-state index is 0.241. The summed E-state index contributed by atoms with van der Waals surface area (Å²) in [4.78, 5) is 12.7. The van der Waals surface area contributed by atoms with Crippen LogP contribution in [0.25, 0.3) is 0 Å². The van der Waals surface area contributed by atoms with E-state index in [9.17, 15) is 4.79 Å². The fraction of sp³-hybridized carbons (Fsp3) is 0.261. The van der Waals surface area contributed by atoms with E-state index in [1.807, 2.05) is 30.3 Å². The molecule has 3 aromatic rings. The van der Waals surface area contributed by atoms with E-state index in [0.717, 1.165) is 23.1 Å². The number of hydrogen-bond acceptors (Lipinski definition) is 4. The quantitative estimate of drug-likeness (QED) is 0.623. The van der Waals surface area contributed by atoms with Crippen LogP contribution in [0.2, 0.25) is 0 Å². The van der Waals surface area contributed by atoms with Gasteiger partial charge in [0.1, 0.15) is 0 Å². The van der Waals surface area contributed by atoms with Crippen molar-refractivity contribution >= 4 is 5.91 Å². The predicted octanol–water partition coefficient (Wildman–Crippen LogP) is 4.57. The van der Waals surface area contributed by atoms with E-state index in [4.69, 9.17) is 13.9 Å². The molecule has 146 valence electrons. The number of furan rings is 1. The summed E-state index contributed by atoms with van der Waals surface area (Å²) in [5.74, 6) is 1.36. The highest BCUT2D eigenvalue weighted by Gasteiger charge is 2.22. The second-order valence-electron chi connectivity index (χ2n) is 6.45. The third-order valence-electron chi connectivity index (χ3n) is 4.73. The minimum atomic E-state index is -0.247. The van der Waals surface area contributed by atoms with Gasteiger partial charge in [0, 0.05) is 0 Å². The van der Waals surface area contributed by atoms with E-state index in [1.165, 1.54) is 6.26 Å². The first-order valence-corrected chi connectivity index (χ1v) is 9.29. The fourth-order valence-corrected chi connectivity index (χ4v) is 3.29. The van der Waals surface area contributed by atoms with Gasteiger partial charge in [-0.05, 0) is 53.8 Å². The highest BCUT2D eigenvalue weighted by Crippen LogP contribution is 2.34. The number of methoxy groups -OCH3 is 2. The van der Waals surface area contributed by atoms with Crippen LogP contribution in [0.3, 0.4) is 0 Å². The van der Waals surface area contributed by atoms with Crippen LogP contribution in [-0.2, 0) is 12.8 Å². The number of rotatable bonds is 8. The standard InChI is InChI=1S/C23H25NO4/c1-4-17-14-21(26-2)22(27-3)15-18(17)19(13-16-9-6-5-7-10-16)24-23(25)20-11-8-12-28-20/h5-12,14-15,19H,4,13H2,1-3H3,(H,24,25). The van der Waals surface area contributed by atoms with Crippen LogP contribution in [0.1, 0.15) is 40.2 Å². The number of carbonyl (C=O) groups is 1. The van der Waals surface area contributed by atoms with Gasteiger partial charge in [-0.2, -0.15) is 0 Å². The van der Waals surface area contributed by atoms with Crippen molar-refractivity contribution in [1.82, 2.24) is 5.32 Å².